The lowest BCUT2D eigenvalue weighted by atomic mass is 9.97. The Morgan fingerprint density at radius 1 is 1.32 bits per heavy atom. The van der Waals surface area contributed by atoms with Gasteiger partial charge in [-0.15, -0.1) is 0 Å². The molecule has 5 nitrogen and oxygen atoms in total. The summed E-state index contributed by atoms with van der Waals surface area (Å²) in [7, 11) is 0. The van der Waals surface area contributed by atoms with E-state index in [-0.39, 0.29) is 30.1 Å². The van der Waals surface area contributed by atoms with Crippen LogP contribution >= 0.6 is 0 Å². The van der Waals surface area contributed by atoms with E-state index in [1.165, 1.54) is 12.8 Å². The molecule has 2 heterocycles. The number of piperidine rings is 1. The SMILES string of the molecule is CCC(C)C(N)C(=O)N1CCC(OCC2CCCCO2)CC1. The summed E-state index contributed by atoms with van der Waals surface area (Å²) >= 11 is 0. The van der Waals surface area contributed by atoms with Gasteiger partial charge in [0, 0.05) is 19.7 Å². The summed E-state index contributed by atoms with van der Waals surface area (Å²) in [6, 6.07) is -0.363. The Balaban J connectivity index is 1.67. The topological polar surface area (TPSA) is 64.8 Å². The number of rotatable bonds is 6. The Morgan fingerprint density at radius 2 is 2.05 bits per heavy atom. The number of nitrogens with zero attached hydrogens (tertiary/aromatic N) is 1. The van der Waals surface area contributed by atoms with E-state index >= 15 is 0 Å². The number of carbonyl (C=O) groups excluding carboxylic acids is 1. The first kappa shape index (κ1) is 17.7. The fraction of sp³-hybridized carbons (Fsp3) is 0.941. The van der Waals surface area contributed by atoms with E-state index in [0.29, 0.717) is 6.61 Å². The summed E-state index contributed by atoms with van der Waals surface area (Å²) in [6.07, 6.45) is 6.82. The van der Waals surface area contributed by atoms with Crippen LogP contribution in [0, 0.1) is 5.92 Å². The minimum atomic E-state index is -0.363. The minimum Gasteiger partial charge on any atom is -0.376 e. The van der Waals surface area contributed by atoms with Crippen molar-refractivity contribution >= 4 is 5.91 Å². The van der Waals surface area contributed by atoms with Crippen LogP contribution in [0.1, 0.15) is 52.4 Å². The fourth-order valence-corrected chi connectivity index (χ4v) is 3.13. The monoisotopic (exact) mass is 312 g/mol. The highest BCUT2D eigenvalue weighted by molar-refractivity contribution is 5.82. The van der Waals surface area contributed by atoms with E-state index in [0.717, 1.165) is 45.4 Å². The van der Waals surface area contributed by atoms with Gasteiger partial charge in [-0.25, -0.2) is 0 Å². The molecule has 0 aromatic rings. The standard InChI is InChI=1S/C17H32N2O3/c1-3-13(2)16(18)17(20)19-9-7-14(8-10-19)22-12-15-6-4-5-11-21-15/h13-16H,3-12,18H2,1-2H3. The minimum absolute atomic E-state index is 0.100. The van der Waals surface area contributed by atoms with Crippen molar-refractivity contribution in [2.45, 2.75) is 70.6 Å². The fourth-order valence-electron chi connectivity index (χ4n) is 3.13. The van der Waals surface area contributed by atoms with E-state index in [4.69, 9.17) is 15.2 Å². The molecule has 0 aromatic carbocycles. The van der Waals surface area contributed by atoms with Crippen molar-refractivity contribution in [2.24, 2.45) is 11.7 Å². The quantitative estimate of drug-likeness (QED) is 0.814. The van der Waals surface area contributed by atoms with Gasteiger partial charge in [-0.2, -0.15) is 0 Å². The van der Waals surface area contributed by atoms with Crippen LogP contribution in [0.15, 0.2) is 0 Å². The van der Waals surface area contributed by atoms with Crippen molar-refractivity contribution in [3.63, 3.8) is 0 Å². The van der Waals surface area contributed by atoms with Crippen molar-refractivity contribution in [3.05, 3.63) is 0 Å². The summed E-state index contributed by atoms with van der Waals surface area (Å²) in [5.41, 5.74) is 6.05. The molecule has 0 spiro atoms. The third-order valence-electron chi connectivity index (χ3n) is 5.09. The van der Waals surface area contributed by atoms with Crippen LogP contribution in [0.4, 0.5) is 0 Å². The molecule has 0 aromatic heterocycles. The number of nitrogens with two attached hydrogens (primary N) is 1. The molecular formula is C17H32N2O3. The molecule has 2 saturated heterocycles. The Morgan fingerprint density at radius 3 is 2.64 bits per heavy atom. The van der Waals surface area contributed by atoms with Gasteiger partial charge in [0.1, 0.15) is 0 Å². The smallest absolute Gasteiger partial charge is 0.239 e. The molecule has 0 aliphatic carbocycles. The Labute approximate surface area is 134 Å². The summed E-state index contributed by atoms with van der Waals surface area (Å²) < 4.78 is 11.7. The lowest BCUT2D eigenvalue weighted by molar-refractivity contribution is -0.137. The average molecular weight is 312 g/mol. The van der Waals surface area contributed by atoms with Crippen LogP contribution in [0.2, 0.25) is 0 Å². The van der Waals surface area contributed by atoms with Gasteiger partial charge in [0.2, 0.25) is 5.91 Å². The number of amides is 1. The van der Waals surface area contributed by atoms with Crippen molar-refractivity contribution in [1.29, 1.82) is 0 Å². The highest BCUT2D eigenvalue weighted by atomic mass is 16.5. The van der Waals surface area contributed by atoms with E-state index in [9.17, 15) is 4.79 Å². The van der Waals surface area contributed by atoms with Crippen molar-refractivity contribution in [1.82, 2.24) is 4.90 Å². The van der Waals surface area contributed by atoms with Crippen molar-refractivity contribution < 1.29 is 14.3 Å². The largest absolute Gasteiger partial charge is 0.376 e. The molecule has 22 heavy (non-hydrogen) atoms. The molecule has 2 N–H and O–H groups in total. The van der Waals surface area contributed by atoms with E-state index in [2.05, 4.69) is 6.92 Å². The number of likely N-dealkylation sites (tertiary alicyclic amines) is 1. The molecule has 128 valence electrons. The molecule has 0 saturated carbocycles. The van der Waals surface area contributed by atoms with E-state index in [1.807, 2.05) is 11.8 Å². The number of carbonyl (C=O) groups is 1. The highest BCUT2D eigenvalue weighted by Crippen LogP contribution is 2.19. The predicted molar refractivity (Wildman–Crippen MR) is 86.6 cm³/mol. The molecule has 0 bridgehead atoms. The first-order valence-electron chi connectivity index (χ1n) is 8.89. The van der Waals surface area contributed by atoms with Crippen molar-refractivity contribution in [2.75, 3.05) is 26.3 Å². The van der Waals surface area contributed by atoms with Gasteiger partial charge in [-0.1, -0.05) is 20.3 Å². The molecule has 5 heteroatoms. The maximum atomic E-state index is 12.4. The predicted octanol–water partition coefficient (Wildman–Crippen LogP) is 1.94. The van der Waals surface area contributed by atoms with Crippen LogP contribution in [0.3, 0.4) is 0 Å². The molecule has 2 rings (SSSR count). The Hall–Kier alpha value is -0.650. The van der Waals surface area contributed by atoms with Crippen molar-refractivity contribution in [3.8, 4) is 0 Å². The van der Waals surface area contributed by atoms with Gasteiger partial charge in [0.05, 0.1) is 24.9 Å². The Bertz CT molecular complexity index is 337. The maximum Gasteiger partial charge on any atom is 0.239 e. The third kappa shape index (κ3) is 4.93. The first-order valence-corrected chi connectivity index (χ1v) is 8.89. The molecular weight excluding hydrogens is 280 g/mol. The first-order chi connectivity index (χ1) is 10.6. The van der Waals surface area contributed by atoms with Crippen LogP contribution < -0.4 is 5.73 Å². The van der Waals surface area contributed by atoms with Crippen LogP contribution in [0.5, 0.6) is 0 Å². The van der Waals surface area contributed by atoms with Gasteiger partial charge < -0.3 is 20.1 Å². The van der Waals surface area contributed by atoms with Crippen LogP contribution in [-0.4, -0.2) is 55.4 Å². The van der Waals surface area contributed by atoms with Crippen LogP contribution in [-0.2, 0) is 14.3 Å². The van der Waals surface area contributed by atoms with Gasteiger partial charge >= 0.3 is 0 Å². The second-order valence-corrected chi connectivity index (χ2v) is 6.76. The highest BCUT2D eigenvalue weighted by Gasteiger charge is 2.29. The number of ether oxygens (including phenoxy) is 2. The maximum absolute atomic E-state index is 12.4. The molecule has 3 unspecified atom stereocenters. The zero-order chi connectivity index (χ0) is 15.9. The van der Waals surface area contributed by atoms with Crippen LogP contribution in [0.25, 0.3) is 0 Å². The molecule has 2 aliphatic heterocycles. The second-order valence-electron chi connectivity index (χ2n) is 6.76. The zero-order valence-electron chi connectivity index (χ0n) is 14.1. The summed E-state index contributed by atoms with van der Waals surface area (Å²) in [5.74, 6) is 0.341. The zero-order valence-corrected chi connectivity index (χ0v) is 14.1. The number of hydrogen-bond donors (Lipinski definition) is 1. The third-order valence-corrected chi connectivity index (χ3v) is 5.09. The summed E-state index contributed by atoms with van der Waals surface area (Å²) in [5, 5.41) is 0. The molecule has 3 atom stereocenters. The summed E-state index contributed by atoms with van der Waals surface area (Å²) in [6.45, 7) is 7.21. The Kier molecular flexibility index (Phi) is 7.12. The normalized spacial score (nSPS) is 26.7. The van der Waals surface area contributed by atoms with Gasteiger partial charge in [0.25, 0.3) is 0 Å². The number of hydrogen-bond acceptors (Lipinski definition) is 4. The lowest BCUT2D eigenvalue weighted by Gasteiger charge is -2.35. The molecule has 2 fully saturated rings. The molecule has 2 aliphatic rings. The second kappa shape index (κ2) is 8.85. The van der Waals surface area contributed by atoms with Gasteiger partial charge in [0.15, 0.2) is 0 Å². The lowest BCUT2D eigenvalue weighted by Crippen LogP contribution is -2.50. The van der Waals surface area contributed by atoms with Gasteiger partial charge in [-0.05, 0) is 38.0 Å². The van der Waals surface area contributed by atoms with E-state index in [1.54, 1.807) is 0 Å². The summed E-state index contributed by atoms with van der Waals surface area (Å²) in [4.78, 5) is 14.3. The molecule has 1 amide bonds. The molecule has 0 radical (unpaired) electrons. The average Bonchev–Trinajstić information content (AvgIpc) is 2.59. The van der Waals surface area contributed by atoms with Gasteiger partial charge in [-0.3, -0.25) is 4.79 Å². The van der Waals surface area contributed by atoms with E-state index < -0.39 is 0 Å².